The van der Waals surface area contributed by atoms with E-state index in [4.69, 9.17) is 0 Å². The molecule has 0 spiro atoms. The van der Waals surface area contributed by atoms with E-state index in [9.17, 15) is 9.90 Å². The zero-order valence-corrected chi connectivity index (χ0v) is 9.42. The van der Waals surface area contributed by atoms with Gasteiger partial charge in [0, 0.05) is 0 Å². The van der Waals surface area contributed by atoms with Crippen LogP contribution in [0.2, 0.25) is 0 Å². The van der Waals surface area contributed by atoms with Gasteiger partial charge in [-0.05, 0) is 31.3 Å². The highest BCUT2D eigenvalue weighted by atomic mass is 16.4. The lowest BCUT2D eigenvalue weighted by atomic mass is 9.85. The Kier molecular flexibility index (Phi) is 3.53. The lowest BCUT2D eigenvalue weighted by Gasteiger charge is -2.39. The van der Waals surface area contributed by atoms with E-state index in [0.717, 1.165) is 25.9 Å². The zero-order chi connectivity index (χ0) is 10.8. The Morgan fingerprint density at radius 2 is 1.71 bits per heavy atom. The Balaban J connectivity index is 2.71. The van der Waals surface area contributed by atoms with Crippen molar-refractivity contribution in [2.75, 3.05) is 13.1 Å². The van der Waals surface area contributed by atoms with Crippen LogP contribution in [0.15, 0.2) is 0 Å². The molecule has 0 amide bonds. The van der Waals surface area contributed by atoms with Crippen LogP contribution in [0.3, 0.4) is 0 Å². The maximum absolute atomic E-state index is 11.2. The summed E-state index contributed by atoms with van der Waals surface area (Å²) in [6, 6.07) is -0.331. The first-order valence-electron chi connectivity index (χ1n) is 5.40. The van der Waals surface area contributed by atoms with Crippen LogP contribution in [0.1, 0.15) is 40.0 Å². The van der Waals surface area contributed by atoms with Gasteiger partial charge in [0.2, 0.25) is 0 Å². The molecular formula is C11H21NO2. The van der Waals surface area contributed by atoms with E-state index in [1.54, 1.807) is 0 Å². The summed E-state index contributed by atoms with van der Waals surface area (Å²) < 4.78 is 0. The molecule has 1 unspecified atom stereocenters. The molecule has 1 saturated heterocycles. The minimum atomic E-state index is -0.681. The standard InChI is InChI=1S/C11H21NO2/c1-11(2,3)9(10(13)14)12-7-5-4-6-8-12/h9H,4-8H2,1-3H3,(H,13,14). The monoisotopic (exact) mass is 199 g/mol. The van der Waals surface area contributed by atoms with Gasteiger partial charge >= 0.3 is 5.97 Å². The van der Waals surface area contributed by atoms with E-state index in [-0.39, 0.29) is 11.5 Å². The molecule has 1 aliphatic rings. The molecule has 14 heavy (non-hydrogen) atoms. The molecule has 0 saturated carbocycles. The first-order valence-corrected chi connectivity index (χ1v) is 5.40. The number of likely N-dealkylation sites (tertiary alicyclic amines) is 1. The summed E-state index contributed by atoms with van der Waals surface area (Å²) >= 11 is 0. The molecule has 3 heteroatoms. The highest BCUT2D eigenvalue weighted by molar-refractivity contribution is 5.74. The second kappa shape index (κ2) is 4.30. The molecule has 1 heterocycles. The van der Waals surface area contributed by atoms with Crippen LogP contribution in [-0.2, 0) is 4.79 Å². The minimum absolute atomic E-state index is 0.177. The van der Waals surface area contributed by atoms with Crippen molar-refractivity contribution in [2.24, 2.45) is 5.41 Å². The van der Waals surface area contributed by atoms with E-state index in [0.29, 0.717) is 0 Å². The van der Waals surface area contributed by atoms with Crippen LogP contribution in [-0.4, -0.2) is 35.1 Å². The van der Waals surface area contributed by atoms with Gasteiger partial charge in [-0.15, -0.1) is 0 Å². The van der Waals surface area contributed by atoms with Gasteiger partial charge in [-0.3, -0.25) is 9.69 Å². The van der Waals surface area contributed by atoms with Gasteiger partial charge in [-0.25, -0.2) is 0 Å². The average molecular weight is 199 g/mol. The van der Waals surface area contributed by atoms with E-state index in [1.807, 2.05) is 20.8 Å². The fraction of sp³-hybridized carbons (Fsp3) is 0.909. The normalized spacial score (nSPS) is 21.9. The number of carboxylic acid groups (broad SMARTS) is 1. The Morgan fingerprint density at radius 1 is 1.21 bits per heavy atom. The van der Waals surface area contributed by atoms with Crippen molar-refractivity contribution in [3.05, 3.63) is 0 Å². The summed E-state index contributed by atoms with van der Waals surface area (Å²) in [7, 11) is 0. The van der Waals surface area contributed by atoms with Gasteiger partial charge in [-0.1, -0.05) is 27.2 Å². The molecule has 1 N–H and O–H groups in total. The topological polar surface area (TPSA) is 40.5 Å². The van der Waals surface area contributed by atoms with Crippen molar-refractivity contribution in [3.8, 4) is 0 Å². The zero-order valence-electron chi connectivity index (χ0n) is 9.42. The highest BCUT2D eigenvalue weighted by Gasteiger charge is 2.36. The van der Waals surface area contributed by atoms with Crippen LogP contribution in [0.5, 0.6) is 0 Å². The fourth-order valence-electron chi connectivity index (χ4n) is 2.25. The van der Waals surface area contributed by atoms with E-state index < -0.39 is 5.97 Å². The number of nitrogens with zero attached hydrogens (tertiary/aromatic N) is 1. The third-order valence-electron chi connectivity index (χ3n) is 2.81. The molecule has 0 radical (unpaired) electrons. The number of hydrogen-bond donors (Lipinski definition) is 1. The summed E-state index contributed by atoms with van der Waals surface area (Å²) in [6.07, 6.45) is 3.52. The largest absolute Gasteiger partial charge is 0.480 e. The van der Waals surface area contributed by atoms with E-state index in [2.05, 4.69) is 4.90 Å². The third-order valence-corrected chi connectivity index (χ3v) is 2.81. The number of hydrogen-bond acceptors (Lipinski definition) is 2. The second-order valence-electron chi connectivity index (χ2n) is 5.20. The van der Waals surface area contributed by atoms with Gasteiger partial charge in [0.1, 0.15) is 6.04 Å². The number of carboxylic acids is 1. The SMILES string of the molecule is CC(C)(C)C(C(=O)O)N1CCCCC1. The number of aliphatic carboxylic acids is 1. The maximum Gasteiger partial charge on any atom is 0.321 e. The van der Waals surface area contributed by atoms with Gasteiger partial charge in [0.15, 0.2) is 0 Å². The van der Waals surface area contributed by atoms with Gasteiger partial charge < -0.3 is 5.11 Å². The molecule has 1 aliphatic heterocycles. The van der Waals surface area contributed by atoms with E-state index in [1.165, 1.54) is 6.42 Å². The molecule has 1 fully saturated rings. The molecule has 0 aliphatic carbocycles. The summed E-state index contributed by atoms with van der Waals surface area (Å²) in [4.78, 5) is 13.3. The van der Waals surface area contributed by atoms with Crippen LogP contribution >= 0.6 is 0 Å². The highest BCUT2D eigenvalue weighted by Crippen LogP contribution is 2.27. The number of rotatable bonds is 2. The van der Waals surface area contributed by atoms with Crippen molar-refractivity contribution < 1.29 is 9.90 Å². The van der Waals surface area contributed by atoms with Crippen molar-refractivity contribution in [2.45, 2.75) is 46.1 Å². The molecule has 0 aromatic rings. The molecular weight excluding hydrogens is 178 g/mol. The minimum Gasteiger partial charge on any atom is -0.480 e. The maximum atomic E-state index is 11.2. The van der Waals surface area contributed by atoms with Crippen LogP contribution < -0.4 is 0 Å². The lowest BCUT2D eigenvalue weighted by molar-refractivity contribution is -0.148. The average Bonchev–Trinajstić information content (AvgIpc) is 2.02. The Labute approximate surface area is 86.1 Å². The van der Waals surface area contributed by atoms with Crippen LogP contribution in [0.25, 0.3) is 0 Å². The first-order chi connectivity index (χ1) is 6.43. The predicted octanol–water partition coefficient (Wildman–Crippen LogP) is 1.97. The molecule has 0 aromatic heterocycles. The third kappa shape index (κ3) is 2.71. The Hall–Kier alpha value is -0.570. The van der Waals surface area contributed by atoms with Crippen molar-refractivity contribution in [3.63, 3.8) is 0 Å². The smallest absolute Gasteiger partial charge is 0.321 e. The van der Waals surface area contributed by atoms with Crippen molar-refractivity contribution >= 4 is 5.97 Å². The Bertz CT molecular complexity index is 202. The summed E-state index contributed by atoms with van der Waals surface area (Å²) in [5.74, 6) is -0.681. The first kappa shape index (κ1) is 11.5. The van der Waals surface area contributed by atoms with Crippen molar-refractivity contribution in [1.29, 1.82) is 0 Å². The summed E-state index contributed by atoms with van der Waals surface area (Å²) in [5.41, 5.74) is -0.177. The van der Waals surface area contributed by atoms with Crippen LogP contribution in [0.4, 0.5) is 0 Å². The number of piperidine rings is 1. The van der Waals surface area contributed by atoms with Crippen LogP contribution in [0, 0.1) is 5.41 Å². The molecule has 3 nitrogen and oxygen atoms in total. The molecule has 1 rings (SSSR count). The quantitative estimate of drug-likeness (QED) is 0.739. The Morgan fingerprint density at radius 3 is 2.07 bits per heavy atom. The van der Waals surface area contributed by atoms with Crippen molar-refractivity contribution in [1.82, 2.24) is 4.90 Å². The molecule has 1 atom stereocenters. The summed E-state index contributed by atoms with van der Waals surface area (Å²) in [5, 5.41) is 9.22. The lowest BCUT2D eigenvalue weighted by Crippen LogP contribution is -2.51. The fourth-order valence-corrected chi connectivity index (χ4v) is 2.25. The van der Waals surface area contributed by atoms with E-state index >= 15 is 0 Å². The van der Waals surface area contributed by atoms with Gasteiger partial charge in [0.05, 0.1) is 0 Å². The molecule has 0 aromatic carbocycles. The predicted molar refractivity (Wildman–Crippen MR) is 56.3 cm³/mol. The second-order valence-corrected chi connectivity index (χ2v) is 5.20. The molecule has 0 bridgehead atoms. The molecule has 82 valence electrons. The van der Waals surface area contributed by atoms with Gasteiger partial charge in [-0.2, -0.15) is 0 Å². The number of carbonyl (C=O) groups is 1. The van der Waals surface area contributed by atoms with Gasteiger partial charge in [0.25, 0.3) is 0 Å². The summed E-state index contributed by atoms with van der Waals surface area (Å²) in [6.45, 7) is 7.88.